The summed E-state index contributed by atoms with van der Waals surface area (Å²) in [5, 5.41) is 0. The maximum atomic E-state index is 13.1. The normalized spacial score (nSPS) is 14.5. The van der Waals surface area contributed by atoms with Gasteiger partial charge in [0.05, 0.1) is 11.0 Å². The van der Waals surface area contributed by atoms with Crippen molar-refractivity contribution < 1.29 is 9.59 Å². The van der Waals surface area contributed by atoms with Gasteiger partial charge in [0.25, 0.3) is 5.91 Å². The van der Waals surface area contributed by atoms with Gasteiger partial charge in [0.2, 0.25) is 0 Å². The monoisotopic (exact) mass is 439 g/mol. The maximum Gasteiger partial charge on any atom is 0.272 e. The lowest BCUT2D eigenvalue weighted by Crippen LogP contribution is -2.49. The highest BCUT2D eigenvalue weighted by Gasteiger charge is 2.24. The van der Waals surface area contributed by atoms with E-state index < -0.39 is 0 Å². The molecule has 0 atom stereocenters. The second-order valence-electron chi connectivity index (χ2n) is 8.18. The highest BCUT2D eigenvalue weighted by Crippen LogP contribution is 2.19. The number of para-hydroxylation sites is 2. The van der Waals surface area contributed by atoms with Crippen LogP contribution < -0.4 is 0 Å². The number of pyridine rings is 1. The lowest BCUT2D eigenvalue weighted by atomic mass is 10.1. The smallest absolute Gasteiger partial charge is 0.272 e. The molecule has 1 aliphatic heterocycles. The van der Waals surface area contributed by atoms with Crippen LogP contribution in [0.15, 0.2) is 72.8 Å². The summed E-state index contributed by atoms with van der Waals surface area (Å²) in [5.74, 6) is 0.729. The number of H-pyrrole nitrogens is 1. The molecule has 0 unspecified atom stereocenters. The van der Waals surface area contributed by atoms with E-state index >= 15 is 0 Å². The molecule has 1 aliphatic rings. The first-order valence-corrected chi connectivity index (χ1v) is 11.2. The third-order valence-electron chi connectivity index (χ3n) is 6.01. The molecular weight excluding hydrogens is 414 g/mol. The van der Waals surface area contributed by atoms with Crippen molar-refractivity contribution in [1.29, 1.82) is 0 Å². The first kappa shape index (κ1) is 21.0. The van der Waals surface area contributed by atoms with Gasteiger partial charge < -0.3 is 9.88 Å². The van der Waals surface area contributed by atoms with Crippen LogP contribution in [0.1, 0.15) is 27.3 Å². The van der Waals surface area contributed by atoms with Crippen molar-refractivity contribution in [2.45, 2.75) is 6.42 Å². The van der Waals surface area contributed by atoms with Crippen molar-refractivity contribution in [1.82, 2.24) is 24.8 Å². The van der Waals surface area contributed by atoms with E-state index in [1.165, 1.54) is 0 Å². The molecule has 0 spiro atoms. The van der Waals surface area contributed by atoms with Gasteiger partial charge in [0.15, 0.2) is 11.6 Å². The SMILES string of the molecule is O=C(CCN1CCN(C(=O)c2cccc(-c3nc4ccccc4[nH]3)n2)CC1)c1ccccc1. The first-order chi connectivity index (χ1) is 16.2. The molecule has 1 fully saturated rings. The predicted octanol–water partition coefficient (Wildman–Crippen LogP) is 3.66. The molecule has 4 aromatic rings. The number of aromatic amines is 1. The molecular formula is C26H25N5O2. The van der Waals surface area contributed by atoms with Crippen LogP contribution in [0.4, 0.5) is 0 Å². The van der Waals surface area contributed by atoms with Gasteiger partial charge in [-0.3, -0.25) is 14.5 Å². The van der Waals surface area contributed by atoms with E-state index in [0.29, 0.717) is 43.3 Å². The van der Waals surface area contributed by atoms with Crippen molar-refractivity contribution in [3.63, 3.8) is 0 Å². The van der Waals surface area contributed by atoms with Crippen molar-refractivity contribution in [2.24, 2.45) is 0 Å². The third-order valence-corrected chi connectivity index (χ3v) is 6.01. The molecule has 0 bridgehead atoms. The van der Waals surface area contributed by atoms with Crippen LogP contribution in [0, 0.1) is 0 Å². The fourth-order valence-electron chi connectivity index (χ4n) is 4.12. The largest absolute Gasteiger partial charge is 0.337 e. The number of nitrogens with one attached hydrogen (secondary N) is 1. The minimum Gasteiger partial charge on any atom is -0.337 e. The van der Waals surface area contributed by atoms with Crippen molar-refractivity contribution >= 4 is 22.7 Å². The Balaban J connectivity index is 1.19. The molecule has 3 heterocycles. The summed E-state index contributed by atoms with van der Waals surface area (Å²) < 4.78 is 0. The molecule has 2 aromatic carbocycles. The number of hydrogen-bond donors (Lipinski definition) is 1. The molecule has 1 amide bonds. The lowest BCUT2D eigenvalue weighted by molar-refractivity contribution is 0.0623. The van der Waals surface area contributed by atoms with E-state index in [4.69, 9.17) is 0 Å². The topological polar surface area (TPSA) is 82.2 Å². The molecule has 33 heavy (non-hydrogen) atoms. The fourth-order valence-corrected chi connectivity index (χ4v) is 4.12. The predicted molar refractivity (Wildman–Crippen MR) is 127 cm³/mol. The number of carbonyl (C=O) groups excluding carboxylic acids is 2. The van der Waals surface area contributed by atoms with E-state index in [1.807, 2.05) is 71.6 Å². The van der Waals surface area contributed by atoms with Gasteiger partial charge in [-0.1, -0.05) is 48.5 Å². The Labute approximate surface area is 192 Å². The van der Waals surface area contributed by atoms with Gasteiger partial charge in [-0.15, -0.1) is 0 Å². The molecule has 0 aliphatic carbocycles. The number of hydrogen-bond acceptors (Lipinski definition) is 5. The molecule has 7 nitrogen and oxygen atoms in total. The molecule has 1 saturated heterocycles. The summed E-state index contributed by atoms with van der Waals surface area (Å²) in [5.41, 5.74) is 3.62. The summed E-state index contributed by atoms with van der Waals surface area (Å²) in [6.45, 7) is 3.44. The van der Waals surface area contributed by atoms with Gasteiger partial charge in [0.1, 0.15) is 11.4 Å². The highest BCUT2D eigenvalue weighted by atomic mass is 16.2. The highest BCUT2D eigenvalue weighted by molar-refractivity contribution is 5.96. The van der Waals surface area contributed by atoms with Crippen LogP contribution in [0.25, 0.3) is 22.6 Å². The molecule has 2 aromatic heterocycles. The molecule has 7 heteroatoms. The zero-order valence-corrected chi connectivity index (χ0v) is 18.3. The van der Waals surface area contributed by atoms with Gasteiger partial charge in [0, 0.05) is 44.7 Å². The number of imidazole rings is 1. The van der Waals surface area contributed by atoms with Crippen molar-refractivity contribution in [3.05, 3.63) is 84.1 Å². The van der Waals surface area contributed by atoms with Gasteiger partial charge in [-0.05, 0) is 24.3 Å². The number of nitrogens with zero attached hydrogens (tertiary/aromatic N) is 4. The Bertz CT molecular complexity index is 1240. The zero-order chi connectivity index (χ0) is 22.6. The summed E-state index contributed by atoms with van der Waals surface area (Å²) in [4.78, 5) is 41.9. The number of aromatic nitrogens is 3. The number of Topliss-reactive ketones (excluding diaryl/α,β-unsaturated/α-hetero) is 1. The van der Waals surface area contributed by atoms with Crippen LogP contribution in [0.5, 0.6) is 0 Å². The number of benzene rings is 2. The van der Waals surface area contributed by atoms with E-state index in [9.17, 15) is 9.59 Å². The molecule has 166 valence electrons. The Morgan fingerprint density at radius 2 is 1.58 bits per heavy atom. The third kappa shape index (κ3) is 4.68. The van der Waals surface area contributed by atoms with Gasteiger partial charge in [-0.25, -0.2) is 9.97 Å². The van der Waals surface area contributed by atoms with E-state index in [1.54, 1.807) is 6.07 Å². The second kappa shape index (κ2) is 9.34. The van der Waals surface area contributed by atoms with Crippen LogP contribution in [-0.2, 0) is 0 Å². The van der Waals surface area contributed by atoms with E-state index in [0.717, 1.165) is 29.7 Å². The summed E-state index contributed by atoms with van der Waals surface area (Å²) in [7, 11) is 0. The summed E-state index contributed by atoms with van der Waals surface area (Å²) in [6, 6.07) is 22.6. The van der Waals surface area contributed by atoms with Crippen LogP contribution >= 0.6 is 0 Å². The van der Waals surface area contributed by atoms with E-state index in [-0.39, 0.29) is 11.7 Å². The average Bonchev–Trinajstić information content (AvgIpc) is 3.32. The van der Waals surface area contributed by atoms with Crippen LogP contribution in [0.2, 0.25) is 0 Å². The Morgan fingerprint density at radius 3 is 2.36 bits per heavy atom. The Hall–Kier alpha value is -3.84. The summed E-state index contributed by atoms with van der Waals surface area (Å²) >= 11 is 0. The fraction of sp³-hybridized carbons (Fsp3) is 0.231. The number of amides is 1. The van der Waals surface area contributed by atoms with E-state index in [2.05, 4.69) is 19.9 Å². The molecule has 5 rings (SSSR count). The van der Waals surface area contributed by atoms with Crippen LogP contribution in [-0.4, -0.2) is 69.2 Å². The first-order valence-electron chi connectivity index (χ1n) is 11.2. The summed E-state index contributed by atoms with van der Waals surface area (Å²) in [6.07, 6.45) is 0.485. The second-order valence-corrected chi connectivity index (χ2v) is 8.18. The lowest BCUT2D eigenvalue weighted by Gasteiger charge is -2.34. The number of rotatable bonds is 6. The minimum atomic E-state index is -0.0760. The van der Waals surface area contributed by atoms with Crippen molar-refractivity contribution in [2.75, 3.05) is 32.7 Å². The Kier molecular flexibility index (Phi) is 5.95. The molecule has 1 N–H and O–H groups in total. The number of ketones is 1. The van der Waals surface area contributed by atoms with Crippen LogP contribution in [0.3, 0.4) is 0 Å². The molecule has 0 saturated carbocycles. The number of piperazine rings is 1. The van der Waals surface area contributed by atoms with Crippen molar-refractivity contribution in [3.8, 4) is 11.5 Å². The Morgan fingerprint density at radius 1 is 0.818 bits per heavy atom. The molecule has 0 radical (unpaired) electrons. The number of fused-ring (bicyclic) bond motifs is 1. The zero-order valence-electron chi connectivity index (χ0n) is 18.3. The standard InChI is InChI=1S/C26H25N5O2/c32-24(19-7-2-1-3-8-19)13-14-30-15-17-31(18-16-30)26(33)23-12-6-11-22(27-23)25-28-20-9-4-5-10-21(20)29-25/h1-12H,13-18H2,(H,28,29). The number of carbonyl (C=O) groups is 2. The minimum absolute atomic E-state index is 0.0760. The average molecular weight is 440 g/mol. The maximum absolute atomic E-state index is 13.1. The van der Waals surface area contributed by atoms with Gasteiger partial charge in [-0.2, -0.15) is 0 Å². The van der Waals surface area contributed by atoms with Gasteiger partial charge >= 0.3 is 0 Å². The quantitative estimate of drug-likeness (QED) is 0.464.